The van der Waals surface area contributed by atoms with Gasteiger partial charge in [-0.05, 0) is 32.0 Å². The SMILES string of the molecule is Cc1cc(C)nc(Nc2nc(C(=O)N3CCN(c4ccccc4F)CC3)cs2)n1. The lowest BCUT2D eigenvalue weighted by Crippen LogP contribution is -2.49. The average Bonchev–Trinajstić information content (AvgIpc) is 3.15. The molecule has 150 valence electrons. The van der Waals surface area contributed by atoms with Crippen molar-refractivity contribution in [1.82, 2.24) is 19.9 Å². The number of carbonyl (C=O) groups excluding carboxylic acids is 1. The van der Waals surface area contributed by atoms with Crippen LogP contribution in [0.1, 0.15) is 21.9 Å². The van der Waals surface area contributed by atoms with Gasteiger partial charge in [-0.1, -0.05) is 12.1 Å². The summed E-state index contributed by atoms with van der Waals surface area (Å²) in [7, 11) is 0. The molecule has 29 heavy (non-hydrogen) atoms. The van der Waals surface area contributed by atoms with E-state index in [2.05, 4.69) is 20.3 Å². The van der Waals surface area contributed by atoms with Gasteiger partial charge in [0.2, 0.25) is 5.95 Å². The average molecular weight is 412 g/mol. The summed E-state index contributed by atoms with van der Waals surface area (Å²) in [6.45, 7) is 6.01. The molecule has 0 bridgehead atoms. The molecule has 1 aliphatic heterocycles. The van der Waals surface area contributed by atoms with E-state index < -0.39 is 0 Å². The van der Waals surface area contributed by atoms with Gasteiger partial charge in [0.05, 0.1) is 5.69 Å². The zero-order chi connectivity index (χ0) is 20.4. The van der Waals surface area contributed by atoms with Crippen LogP contribution in [-0.2, 0) is 0 Å². The van der Waals surface area contributed by atoms with E-state index in [4.69, 9.17) is 0 Å². The first-order valence-corrected chi connectivity index (χ1v) is 10.2. The Hall–Kier alpha value is -3.07. The molecule has 0 saturated carbocycles. The molecule has 1 aliphatic rings. The van der Waals surface area contributed by atoms with Crippen LogP contribution in [0.4, 0.5) is 21.2 Å². The van der Waals surface area contributed by atoms with Gasteiger partial charge in [0, 0.05) is 42.9 Å². The Labute approximate surface area is 172 Å². The Morgan fingerprint density at radius 2 is 1.76 bits per heavy atom. The van der Waals surface area contributed by atoms with Gasteiger partial charge in [-0.2, -0.15) is 0 Å². The standard InChI is InChI=1S/C20H21FN6OS/c1-13-11-14(2)23-19(22-13)25-20-24-16(12-29-20)18(28)27-9-7-26(8-10-27)17-6-4-3-5-15(17)21/h3-6,11-12H,7-10H2,1-2H3,(H,22,23,24,25). The summed E-state index contributed by atoms with van der Waals surface area (Å²) in [5.41, 5.74) is 2.69. The number of nitrogens with zero attached hydrogens (tertiary/aromatic N) is 5. The van der Waals surface area contributed by atoms with Gasteiger partial charge < -0.3 is 15.1 Å². The molecule has 9 heteroatoms. The van der Waals surface area contributed by atoms with Crippen LogP contribution in [0.2, 0.25) is 0 Å². The number of hydrogen-bond acceptors (Lipinski definition) is 7. The third-order valence-electron chi connectivity index (χ3n) is 4.68. The summed E-state index contributed by atoms with van der Waals surface area (Å²) in [5.74, 6) is 0.106. The minimum Gasteiger partial charge on any atom is -0.366 e. The van der Waals surface area contributed by atoms with Crippen LogP contribution in [0.3, 0.4) is 0 Å². The van der Waals surface area contributed by atoms with Gasteiger partial charge >= 0.3 is 0 Å². The van der Waals surface area contributed by atoms with Gasteiger partial charge in [0.1, 0.15) is 11.5 Å². The first-order valence-electron chi connectivity index (χ1n) is 9.33. The van der Waals surface area contributed by atoms with Gasteiger partial charge in [-0.3, -0.25) is 4.79 Å². The number of aromatic nitrogens is 3. The normalized spacial score (nSPS) is 14.2. The van der Waals surface area contributed by atoms with Gasteiger partial charge in [-0.15, -0.1) is 11.3 Å². The molecule has 3 heterocycles. The topological polar surface area (TPSA) is 74.2 Å². The van der Waals surface area contributed by atoms with Crippen LogP contribution >= 0.6 is 11.3 Å². The van der Waals surface area contributed by atoms with E-state index in [1.54, 1.807) is 22.4 Å². The lowest BCUT2D eigenvalue weighted by Gasteiger charge is -2.35. The second-order valence-electron chi connectivity index (χ2n) is 6.87. The van der Waals surface area contributed by atoms with Crippen molar-refractivity contribution in [3.05, 3.63) is 58.6 Å². The van der Waals surface area contributed by atoms with Crippen LogP contribution in [0.15, 0.2) is 35.7 Å². The number of halogens is 1. The van der Waals surface area contributed by atoms with E-state index in [0.717, 1.165) is 11.4 Å². The molecule has 1 amide bonds. The lowest BCUT2D eigenvalue weighted by molar-refractivity contribution is 0.0741. The number of nitrogens with one attached hydrogen (secondary N) is 1. The summed E-state index contributed by atoms with van der Waals surface area (Å²) in [5, 5.41) is 5.37. The molecule has 0 spiro atoms. The molecule has 1 N–H and O–H groups in total. The van der Waals surface area contributed by atoms with Crippen LogP contribution in [0.5, 0.6) is 0 Å². The van der Waals surface area contributed by atoms with Crippen molar-refractivity contribution in [2.45, 2.75) is 13.8 Å². The van der Waals surface area contributed by atoms with Crippen molar-refractivity contribution < 1.29 is 9.18 Å². The Balaban J connectivity index is 1.39. The smallest absolute Gasteiger partial charge is 0.273 e. The molecular weight excluding hydrogens is 391 g/mol. The predicted molar refractivity (Wildman–Crippen MR) is 111 cm³/mol. The van der Waals surface area contributed by atoms with E-state index in [0.29, 0.717) is 48.6 Å². The molecule has 1 saturated heterocycles. The summed E-state index contributed by atoms with van der Waals surface area (Å²) < 4.78 is 14.0. The van der Waals surface area contributed by atoms with Crippen molar-refractivity contribution in [3.8, 4) is 0 Å². The molecule has 1 aromatic carbocycles. The highest BCUT2D eigenvalue weighted by atomic mass is 32.1. The van der Waals surface area contributed by atoms with Crippen LogP contribution in [0.25, 0.3) is 0 Å². The zero-order valence-corrected chi connectivity index (χ0v) is 17.0. The number of benzene rings is 1. The second-order valence-corrected chi connectivity index (χ2v) is 7.73. The van der Waals surface area contributed by atoms with Gasteiger partial charge in [-0.25, -0.2) is 19.3 Å². The summed E-state index contributed by atoms with van der Waals surface area (Å²) >= 11 is 1.34. The molecule has 3 aromatic rings. The molecule has 0 aliphatic carbocycles. The minimum atomic E-state index is -0.240. The van der Waals surface area contributed by atoms with Gasteiger partial charge in [0.25, 0.3) is 5.91 Å². The number of carbonyl (C=O) groups is 1. The predicted octanol–water partition coefficient (Wildman–Crippen LogP) is 3.40. The Kier molecular flexibility index (Phi) is 5.39. The molecule has 0 atom stereocenters. The lowest BCUT2D eigenvalue weighted by atomic mass is 10.2. The second kappa shape index (κ2) is 8.12. The van der Waals surface area contributed by atoms with Crippen molar-refractivity contribution in [2.75, 3.05) is 36.4 Å². The maximum absolute atomic E-state index is 14.0. The third-order valence-corrected chi connectivity index (χ3v) is 5.44. The molecular formula is C20H21FN6OS. The molecule has 7 nitrogen and oxygen atoms in total. The highest BCUT2D eigenvalue weighted by molar-refractivity contribution is 7.14. The van der Waals surface area contributed by atoms with E-state index in [9.17, 15) is 9.18 Å². The Bertz CT molecular complexity index is 1010. The summed E-state index contributed by atoms with van der Waals surface area (Å²) in [4.78, 5) is 29.6. The monoisotopic (exact) mass is 412 g/mol. The number of amides is 1. The summed E-state index contributed by atoms with van der Waals surface area (Å²) in [6.07, 6.45) is 0. The number of anilines is 3. The largest absolute Gasteiger partial charge is 0.366 e. The van der Waals surface area contributed by atoms with Crippen LogP contribution in [-0.4, -0.2) is 51.9 Å². The van der Waals surface area contributed by atoms with Crippen molar-refractivity contribution in [2.24, 2.45) is 0 Å². The van der Waals surface area contributed by atoms with Crippen LogP contribution in [0, 0.1) is 19.7 Å². The molecule has 4 rings (SSSR count). The zero-order valence-electron chi connectivity index (χ0n) is 16.2. The molecule has 1 fully saturated rings. The van der Waals surface area contributed by atoms with E-state index in [1.165, 1.54) is 17.4 Å². The number of hydrogen-bond donors (Lipinski definition) is 1. The fraction of sp³-hybridized carbons (Fsp3) is 0.300. The number of aryl methyl sites for hydroxylation is 2. The Morgan fingerprint density at radius 1 is 1.07 bits per heavy atom. The van der Waals surface area contributed by atoms with Gasteiger partial charge in [0.15, 0.2) is 5.13 Å². The maximum Gasteiger partial charge on any atom is 0.273 e. The van der Waals surface area contributed by atoms with Crippen molar-refractivity contribution in [1.29, 1.82) is 0 Å². The van der Waals surface area contributed by atoms with Crippen molar-refractivity contribution in [3.63, 3.8) is 0 Å². The quantitative estimate of drug-likeness (QED) is 0.708. The summed E-state index contributed by atoms with van der Waals surface area (Å²) in [6, 6.07) is 8.61. The third kappa shape index (κ3) is 4.34. The number of rotatable bonds is 4. The number of thiazole rings is 1. The highest BCUT2D eigenvalue weighted by Crippen LogP contribution is 2.23. The molecule has 0 unspecified atom stereocenters. The minimum absolute atomic E-state index is 0.121. The molecule has 0 radical (unpaired) electrons. The fourth-order valence-electron chi connectivity index (χ4n) is 3.33. The van der Waals surface area contributed by atoms with Crippen LogP contribution < -0.4 is 10.2 Å². The van der Waals surface area contributed by atoms with E-state index in [-0.39, 0.29) is 11.7 Å². The van der Waals surface area contributed by atoms with E-state index in [1.807, 2.05) is 30.9 Å². The highest BCUT2D eigenvalue weighted by Gasteiger charge is 2.25. The first-order chi connectivity index (χ1) is 14.0. The fourth-order valence-corrected chi connectivity index (χ4v) is 4.01. The number of para-hydroxylation sites is 1. The number of piperazine rings is 1. The van der Waals surface area contributed by atoms with Crippen molar-refractivity contribution >= 4 is 34.0 Å². The maximum atomic E-state index is 14.0. The Morgan fingerprint density at radius 3 is 2.45 bits per heavy atom. The first kappa shape index (κ1) is 19.3. The molecule has 2 aromatic heterocycles. The van der Waals surface area contributed by atoms with E-state index >= 15 is 0 Å².